The van der Waals surface area contributed by atoms with Crippen LogP contribution in [0.25, 0.3) is 0 Å². The Kier molecular flexibility index (Phi) is 4.47. The van der Waals surface area contributed by atoms with E-state index in [4.69, 9.17) is 0 Å². The smallest absolute Gasteiger partial charge is 0.258 e. The lowest BCUT2D eigenvalue weighted by Crippen LogP contribution is -2.31. The molecule has 6 heteroatoms. The number of benzene rings is 1. The van der Waals surface area contributed by atoms with E-state index in [1.165, 1.54) is 23.2 Å². The maximum atomic E-state index is 13.7. The third-order valence-corrected chi connectivity index (χ3v) is 3.11. The number of nitrogens with zero attached hydrogens (tertiary/aromatic N) is 2. The number of amides is 1. The van der Waals surface area contributed by atoms with Crippen molar-refractivity contribution in [2.75, 3.05) is 6.54 Å². The molecule has 1 aromatic carbocycles. The summed E-state index contributed by atoms with van der Waals surface area (Å²) in [4.78, 5) is 17.2. The van der Waals surface area contributed by atoms with Crippen LogP contribution >= 0.6 is 0 Å². The van der Waals surface area contributed by atoms with Gasteiger partial charge in [0.15, 0.2) is 0 Å². The quantitative estimate of drug-likeness (QED) is 0.942. The Bertz CT molecular complexity index is 642. The first-order chi connectivity index (χ1) is 10.0. The molecule has 21 heavy (non-hydrogen) atoms. The van der Waals surface area contributed by atoms with Crippen LogP contribution in [0.5, 0.6) is 5.75 Å². The number of rotatable bonds is 4. The molecule has 4 nitrogen and oxygen atoms in total. The summed E-state index contributed by atoms with van der Waals surface area (Å²) in [6, 6.07) is 4.90. The van der Waals surface area contributed by atoms with Gasteiger partial charge in [-0.2, -0.15) is 0 Å². The van der Waals surface area contributed by atoms with Gasteiger partial charge in [-0.05, 0) is 25.1 Å². The minimum atomic E-state index is -0.708. The molecular weight excluding hydrogens is 278 g/mol. The van der Waals surface area contributed by atoms with E-state index in [1.54, 1.807) is 6.92 Å². The predicted octanol–water partition coefficient (Wildman–Crippen LogP) is 2.73. The summed E-state index contributed by atoms with van der Waals surface area (Å²) in [5.74, 6) is -2.20. The highest BCUT2D eigenvalue weighted by Crippen LogP contribution is 2.20. The average Bonchev–Trinajstić information content (AvgIpc) is 2.47. The highest BCUT2D eigenvalue weighted by atomic mass is 19.1. The number of aromatic hydroxyl groups is 1. The number of carbonyl (C=O) groups is 1. The zero-order chi connectivity index (χ0) is 15.4. The second-order valence-electron chi connectivity index (χ2n) is 4.41. The Labute approximate surface area is 120 Å². The van der Waals surface area contributed by atoms with Crippen molar-refractivity contribution in [1.29, 1.82) is 0 Å². The molecule has 0 bridgehead atoms. The molecule has 0 atom stereocenters. The molecule has 2 aromatic rings. The van der Waals surface area contributed by atoms with Crippen molar-refractivity contribution < 1.29 is 18.7 Å². The second kappa shape index (κ2) is 6.30. The monoisotopic (exact) mass is 292 g/mol. The van der Waals surface area contributed by atoms with E-state index < -0.39 is 17.5 Å². The summed E-state index contributed by atoms with van der Waals surface area (Å²) in [6.45, 7) is 1.72. The van der Waals surface area contributed by atoms with Gasteiger partial charge in [0.05, 0.1) is 18.3 Å². The van der Waals surface area contributed by atoms with E-state index in [0.717, 1.165) is 18.3 Å². The van der Waals surface area contributed by atoms with Crippen LogP contribution in [0.15, 0.2) is 36.7 Å². The maximum absolute atomic E-state index is 13.7. The summed E-state index contributed by atoms with van der Waals surface area (Å²) >= 11 is 0. The van der Waals surface area contributed by atoms with Gasteiger partial charge in [0.2, 0.25) is 0 Å². The van der Waals surface area contributed by atoms with Crippen molar-refractivity contribution in [3.05, 3.63) is 59.4 Å². The molecule has 1 amide bonds. The lowest BCUT2D eigenvalue weighted by Gasteiger charge is -2.22. The number of hydrogen-bond acceptors (Lipinski definition) is 3. The number of pyridine rings is 1. The van der Waals surface area contributed by atoms with E-state index in [9.17, 15) is 18.7 Å². The first-order valence-corrected chi connectivity index (χ1v) is 6.39. The maximum Gasteiger partial charge on any atom is 0.258 e. The zero-order valence-electron chi connectivity index (χ0n) is 11.4. The molecule has 0 radical (unpaired) electrons. The van der Waals surface area contributed by atoms with Gasteiger partial charge in [0.25, 0.3) is 5.91 Å². The van der Waals surface area contributed by atoms with E-state index in [2.05, 4.69) is 4.98 Å². The molecule has 0 aliphatic heterocycles. The second-order valence-corrected chi connectivity index (χ2v) is 4.41. The summed E-state index contributed by atoms with van der Waals surface area (Å²) in [6.07, 6.45) is 2.51. The standard InChI is InChI=1S/C15H14F2N2O2/c1-2-19(9-11-12(16)4-3-5-13(11)17)15(21)10-6-7-18-8-14(10)20/h3-8,20H,2,9H2,1H3. The summed E-state index contributed by atoms with van der Waals surface area (Å²) in [5, 5.41) is 9.64. The normalized spacial score (nSPS) is 10.4. The summed E-state index contributed by atoms with van der Waals surface area (Å²) in [5.41, 5.74) is -0.134. The number of carbonyl (C=O) groups excluding carboxylic acids is 1. The van der Waals surface area contributed by atoms with Crippen LogP contribution in [-0.2, 0) is 6.54 Å². The molecule has 2 rings (SSSR count). The Morgan fingerprint density at radius 1 is 1.29 bits per heavy atom. The molecule has 0 aliphatic rings. The Balaban J connectivity index is 2.29. The van der Waals surface area contributed by atoms with Crippen LogP contribution in [0.4, 0.5) is 8.78 Å². The van der Waals surface area contributed by atoms with E-state index >= 15 is 0 Å². The lowest BCUT2D eigenvalue weighted by molar-refractivity contribution is 0.0746. The van der Waals surface area contributed by atoms with Gasteiger partial charge in [-0.3, -0.25) is 9.78 Å². The molecule has 0 spiro atoms. The topological polar surface area (TPSA) is 53.4 Å². The van der Waals surface area contributed by atoms with Gasteiger partial charge in [-0.1, -0.05) is 6.07 Å². The van der Waals surface area contributed by atoms with Crippen molar-refractivity contribution in [3.63, 3.8) is 0 Å². The molecule has 0 unspecified atom stereocenters. The number of halogens is 2. The SMILES string of the molecule is CCN(Cc1c(F)cccc1F)C(=O)c1ccncc1O. The van der Waals surface area contributed by atoms with Gasteiger partial charge in [0, 0.05) is 18.3 Å². The Hall–Kier alpha value is -2.50. The van der Waals surface area contributed by atoms with Gasteiger partial charge >= 0.3 is 0 Å². The summed E-state index contributed by atoms with van der Waals surface area (Å²) in [7, 11) is 0. The minimum Gasteiger partial charge on any atom is -0.505 e. The molecule has 0 fully saturated rings. The van der Waals surface area contributed by atoms with Crippen molar-refractivity contribution in [2.45, 2.75) is 13.5 Å². The lowest BCUT2D eigenvalue weighted by atomic mass is 10.1. The van der Waals surface area contributed by atoms with Crippen LogP contribution in [-0.4, -0.2) is 27.4 Å². The van der Waals surface area contributed by atoms with Crippen LogP contribution in [0.3, 0.4) is 0 Å². The largest absolute Gasteiger partial charge is 0.505 e. The Morgan fingerprint density at radius 3 is 2.52 bits per heavy atom. The van der Waals surface area contributed by atoms with E-state index in [1.807, 2.05) is 0 Å². The van der Waals surface area contributed by atoms with Gasteiger partial charge in [0.1, 0.15) is 17.4 Å². The predicted molar refractivity (Wildman–Crippen MR) is 72.7 cm³/mol. The van der Waals surface area contributed by atoms with Crippen molar-refractivity contribution in [2.24, 2.45) is 0 Å². The van der Waals surface area contributed by atoms with Crippen LogP contribution in [0, 0.1) is 11.6 Å². The van der Waals surface area contributed by atoms with Crippen molar-refractivity contribution in [1.82, 2.24) is 9.88 Å². The summed E-state index contributed by atoms with van der Waals surface area (Å²) < 4.78 is 27.3. The fourth-order valence-corrected chi connectivity index (χ4v) is 1.94. The van der Waals surface area contributed by atoms with Crippen molar-refractivity contribution >= 4 is 5.91 Å². The van der Waals surface area contributed by atoms with Crippen molar-refractivity contribution in [3.8, 4) is 5.75 Å². The van der Waals surface area contributed by atoms with Gasteiger partial charge in [-0.25, -0.2) is 8.78 Å². The molecule has 0 saturated heterocycles. The third-order valence-electron chi connectivity index (χ3n) is 3.11. The number of hydrogen-bond donors (Lipinski definition) is 1. The van der Waals surface area contributed by atoms with Crippen LogP contribution in [0.2, 0.25) is 0 Å². The molecule has 110 valence electrons. The molecule has 1 aromatic heterocycles. The molecule has 1 N–H and O–H groups in total. The zero-order valence-corrected chi connectivity index (χ0v) is 11.4. The highest BCUT2D eigenvalue weighted by Gasteiger charge is 2.20. The molecule has 0 saturated carbocycles. The van der Waals surface area contributed by atoms with Crippen LogP contribution in [0.1, 0.15) is 22.8 Å². The number of aromatic nitrogens is 1. The van der Waals surface area contributed by atoms with E-state index in [-0.39, 0.29) is 30.0 Å². The fraction of sp³-hybridized carbons (Fsp3) is 0.200. The Morgan fingerprint density at radius 2 is 1.95 bits per heavy atom. The minimum absolute atomic E-state index is 0.0450. The molecule has 1 heterocycles. The van der Waals surface area contributed by atoms with Crippen LogP contribution < -0.4 is 0 Å². The highest BCUT2D eigenvalue weighted by molar-refractivity contribution is 5.96. The first-order valence-electron chi connectivity index (χ1n) is 6.39. The molecule has 0 aliphatic carbocycles. The first kappa shape index (κ1) is 14.9. The third kappa shape index (κ3) is 3.16. The molecular formula is C15H14F2N2O2. The van der Waals surface area contributed by atoms with Gasteiger partial charge in [-0.15, -0.1) is 0 Å². The van der Waals surface area contributed by atoms with E-state index in [0.29, 0.717) is 0 Å². The van der Waals surface area contributed by atoms with Gasteiger partial charge < -0.3 is 10.0 Å². The average molecular weight is 292 g/mol. The fourth-order valence-electron chi connectivity index (χ4n) is 1.94.